The summed E-state index contributed by atoms with van der Waals surface area (Å²) in [6, 6.07) is 5.72. The zero-order valence-electron chi connectivity index (χ0n) is 11.0. The van der Waals surface area contributed by atoms with Crippen LogP contribution in [0.25, 0.3) is 10.1 Å². The lowest BCUT2D eigenvalue weighted by molar-refractivity contribution is 0.0943. The number of carbonyl (C=O) groups is 1. The number of carbonyl (C=O) groups excluding carboxylic acids is 1. The molecule has 0 aliphatic rings. The minimum absolute atomic E-state index is 0.115. The molecular weight excluding hydrogens is 280 g/mol. The first-order valence-corrected chi connectivity index (χ1v) is 7.51. The summed E-state index contributed by atoms with van der Waals surface area (Å²) in [5.74, 6) is -0.115. The Bertz CT molecular complexity index is 609. The lowest BCUT2D eigenvalue weighted by atomic mass is 10.2. The van der Waals surface area contributed by atoms with Crippen LogP contribution in [0, 0.1) is 0 Å². The van der Waals surface area contributed by atoms with E-state index in [4.69, 9.17) is 17.3 Å². The van der Waals surface area contributed by atoms with Crippen molar-refractivity contribution in [2.45, 2.75) is 32.7 Å². The summed E-state index contributed by atoms with van der Waals surface area (Å²) < 4.78 is 0.943. The van der Waals surface area contributed by atoms with Crippen LogP contribution in [-0.4, -0.2) is 11.9 Å². The van der Waals surface area contributed by atoms with Gasteiger partial charge in [-0.1, -0.05) is 31.0 Å². The molecule has 2 aromatic rings. The fourth-order valence-corrected chi connectivity index (χ4v) is 3.48. The molecule has 102 valence electrons. The number of fused-ring (bicyclic) bond motifs is 1. The van der Waals surface area contributed by atoms with Gasteiger partial charge in [0, 0.05) is 16.1 Å². The van der Waals surface area contributed by atoms with Crippen LogP contribution in [0.3, 0.4) is 0 Å². The molecule has 1 heterocycles. The van der Waals surface area contributed by atoms with Crippen molar-refractivity contribution < 1.29 is 4.79 Å². The first-order chi connectivity index (χ1) is 9.04. The maximum Gasteiger partial charge on any atom is 0.263 e. The molecular formula is C14H17ClN2OS. The summed E-state index contributed by atoms with van der Waals surface area (Å²) in [6.07, 6.45) is 1.99. The first-order valence-electron chi connectivity index (χ1n) is 6.32. The van der Waals surface area contributed by atoms with Gasteiger partial charge in [-0.3, -0.25) is 4.79 Å². The Labute approximate surface area is 121 Å². The van der Waals surface area contributed by atoms with Gasteiger partial charge in [-0.2, -0.15) is 0 Å². The number of halogens is 1. The van der Waals surface area contributed by atoms with E-state index in [0.29, 0.717) is 15.6 Å². The molecule has 1 atom stereocenters. The Morgan fingerprint density at radius 1 is 1.53 bits per heavy atom. The van der Waals surface area contributed by atoms with E-state index < -0.39 is 0 Å². The molecule has 0 aliphatic heterocycles. The Kier molecular flexibility index (Phi) is 4.32. The fraction of sp³-hybridized carbons (Fsp3) is 0.357. The maximum atomic E-state index is 12.2. The quantitative estimate of drug-likeness (QED) is 0.894. The van der Waals surface area contributed by atoms with Gasteiger partial charge in [0.2, 0.25) is 0 Å². The van der Waals surface area contributed by atoms with Crippen molar-refractivity contribution in [1.29, 1.82) is 0 Å². The van der Waals surface area contributed by atoms with Crippen molar-refractivity contribution in [3.63, 3.8) is 0 Å². The summed E-state index contributed by atoms with van der Waals surface area (Å²) >= 11 is 7.52. The SMILES string of the molecule is CCCC(C)NC(=O)c1sc2cccc(Cl)c2c1N. The average Bonchev–Trinajstić information content (AvgIpc) is 2.68. The summed E-state index contributed by atoms with van der Waals surface area (Å²) in [5.41, 5.74) is 6.53. The van der Waals surface area contributed by atoms with E-state index in [2.05, 4.69) is 12.2 Å². The van der Waals surface area contributed by atoms with Crippen LogP contribution < -0.4 is 11.1 Å². The predicted molar refractivity (Wildman–Crippen MR) is 83.1 cm³/mol. The monoisotopic (exact) mass is 296 g/mol. The number of anilines is 1. The number of rotatable bonds is 4. The summed E-state index contributed by atoms with van der Waals surface area (Å²) in [7, 11) is 0. The molecule has 0 saturated heterocycles. The molecule has 1 aromatic heterocycles. The molecule has 1 aromatic carbocycles. The van der Waals surface area contributed by atoms with E-state index in [9.17, 15) is 4.79 Å². The van der Waals surface area contributed by atoms with E-state index in [1.54, 1.807) is 6.07 Å². The van der Waals surface area contributed by atoms with Gasteiger partial charge in [-0.05, 0) is 25.5 Å². The third-order valence-corrected chi connectivity index (χ3v) is 4.49. The molecule has 0 spiro atoms. The van der Waals surface area contributed by atoms with E-state index in [1.807, 2.05) is 19.1 Å². The molecule has 3 nitrogen and oxygen atoms in total. The maximum absolute atomic E-state index is 12.2. The molecule has 5 heteroatoms. The number of amides is 1. The third-order valence-electron chi connectivity index (χ3n) is 3.01. The Balaban J connectivity index is 2.33. The molecule has 19 heavy (non-hydrogen) atoms. The van der Waals surface area contributed by atoms with Crippen molar-refractivity contribution in [1.82, 2.24) is 5.32 Å². The molecule has 1 unspecified atom stereocenters. The number of hydrogen-bond donors (Lipinski definition) is 2. The Morgan fingerprint density at radius 2 is 2.26 bits per heavy atom. The van der Waals surface area contributed by atoms with Gasteiger partial charge in [-0.25, -0.2) is 0 Å². The molecule has 0 bridgehead atoms. The lowest BCUT2D eigenvalue weighted by Crippen LogP contribution is -2.32. The molecule has 1 amide bonds. The number of benzene rings is 1. The zero-order valence-corrected chi connectivity index (χ0v) is 12.6. The van der Waals surface area contributed by atoms with E-state index in [-0.39, 0.29) is 11.9 Å². The first kappa shape index (κ1) is 14.2. The van der Waals surface area contributed by atoms with Crippen LogP contribution in [0.15, 0.2) is 18.2 Å². The Hall–Kier alpha value is -1.26. The molecule has 0 saturated carbocycles. The number of thiophene rings is 1. The molecule has 0 aliphatic carbocycles. The van der Waals surface area contributed by atoms with Crippen molar-refractivity contribution >= 4 is 44.6 Å². The summed E-state index contributed by atoms with van der Waals surface area (Å²) in [4.78, 5) is 12.8. The van der Waals surface area contributed by atoms with Gasteiger partial charge in [0.25, 0.3) is 5.91 Å². The molecule has 2 rings (SSSR count). The van der Waals surface area contributed by atoms with Gasteiger partial charge in [0.05, 0.1) is 10.7 Å². The third kappa shape index (κ3) is 2.85. The second-order valence-electron chi connectivity index (χ2n) is 4.62. The molecule has 0 fully saturated rings. The van der Waals surface area contributed by atoms with Crippen molar-refractivity contribution in [2.24, 2.45) is 0 Å². The zero-order chi connectivity index (χ0) is 14.0. The number of nitrogens with one attached hydrogen (secondary N) is 1. The normalized spacial score (nSPS) is 12.6. The van der Waals surface area contributed by atoms with E-state index in [0.717, 1.165) is 22.9 Å². The second-order valence-corrected chi connectivity index (χ2v) is 6.08. The van der Waals surface area contributed by atoms with Gasteiger partial charge >= 0.3 is 0 Å². The molecule has 0 radical (unpaired) electrons. The smallest absolute Gasteiger partial charge is 0.263 e. The van der Waals surface area contributed by atoms with Gasteiger partial charge in [0.1, 0.15) is 4.88 Å². The predicted octanol–water partition coefficient (Wildman–Crippen LogP) is 4.06. The highest BCUT2D eigenvalue weighted by Gasteiger charge is 2.19. The van der Waals surface area contributed by atoms with Gasteiger partial charge in [-0.15, -0.1) is 11.3 Å². The number of nitrogen functional groups attached to an aromatic ring is 1. The minimum Gasteiger partial charge on any atom is -0.397 e. The van der Waals surface area contributed by atoms with Crippen molar-refractivity contribution in [3.8, 4) is 0 Å². The fourth-order valence-electron chi connectivity index (χ4n) is 2.09. The van der Waals surface area contributed by atoms with Crippen LogP contribution in [-0.2, 0) is 0 Å². The van der Waals surface area contributed by atoms with Gasteiger partial charge < -0.3 is 11.1 Å². The van der Waals surface area contributed by atoms with Crippen LogP contribution >= 0.6 is 22.9 Å². The highest BCUT2D eigenvalue weighted by molar-refractivity contribution is 7.21. The largest absolute Gasteiger partial charge is 0.397 e. The van der Waals surface area contributed by atoms with Crippen molar-refractivity contribution in [3.05, 3.63) is 28.1 Å². The highest BCUT2D eigenvalue weighted by atomic mass is 35.5. The minimum atomic E-state index is -0.115. The summed E-state index contributed by atoms with van der Waals surface area (Å²) in [6.45, 7) is 4.09. The van der Waals surface area contributed by atoms with E-state index >= 15 is 0 Å². The van der Waals surface area contributed by atoms with Crippen molar-refractivity contribution in [2.75, 3.05) is 5.73 Å². The van der Waals surface area contributed by atoms with E-state index in [1.165, 1.54) is 11.3 Å². The van der Waals surface area contributed by atoms with Crippen LogP contribution in [0.1, 0.15) is 36.4 Å². The number of hydrogen-bond acceptors (Lipinski definition) is 3. The topological polar surface area (TPSA) is 55.1 Å². The average molecular weight is 297 g/mol. The lowest BCUT2D eigenvalue weighted by Gasteiger charge is -2.11. The van der Waals surface area contributed by atoms with Crippen LogP contribution in [0.5, 0.6) is 0 Å². The highest BCUT2D eigenvalue weighted by Crippen LogP contribution is 2.37. The second kappa shape index (κ2) is 5.80. The van der Waals surface area contributed by atoms with Crippen LogP contribution in [0.4, 0.5) is 5.69 Å². The standard InChI is InChI=1S/C14H17ClN2OS/c1-3-5-8(2)17-14(18)13-12(16)11-9(15)6-4-7-10(11)19-13/h4,6-8H,3,5,16H2,1-2H3,(H,17,18). The van der Waals surface area contributed by atoms with Gasteiger partial charge in [0.15, 0.2) is 0 Å². The Morgan fingerprint density at radius 3 is 2.89 bits per heavy atom. The molecule has 3 N–H and O–H groups in total. The van der Waals surface area contributed by atoms with Crippen LogP contribution in [0.2, 0.25) is 5.02 Å². The number of nitrogens with two attached hydrogens (primary N) is 1. The summed E-state index contributed by atoms with van der Waals surface area (Å²) in [5, 5.41) is 4.34.